The Kier molecular flexibility index (Phi) is 3.82. The highest BCUT2D eigenvalue weighted by Gasteiger charge is 2.09. The van der Waals surface area contributed by atoms with Crippen LogP contribution in [0.2, 0.25) is 0 Å². The van der Waals surface area contributed by atoms with E-state index in [2.05, 4.69) is 20.2 Å². The molecule has 0 radical (unpaired) electrons. The zero-order chi connectivity index (χ0) is 15.6. The van der Waals surface area contributed by atoms with E-state index in [1.165, 1.54) is 24.3 Å². The van der Waals surface area contributed by atoms with Crippen LogP contribution >= 0.6 is 0 Å². The third-order valence-electron chi connectivity index (χ3n) is 2.50. The van der Waals surface area contributed by atoms with Gasteiger partial charge in [-0.2, -0.15) is 18.5 Å². The molecule has 1 heterocycles. The lowest BCUT2D eigenvalue weighted by molar-refractivity contribution is 0.483. The lowest BCUT2D eigenvalue weighted by Crippen LogP contribution is -2.01. The van der Waals surface area contributed by atoms with Gasteiger partial charge in [-0.05, 0) is 31.2 Å². The van der Waals surface area contributed by atoms with Gasteiger partial charge >= 0.3 is 0 Å². The SMILES string of the molecule is Cc1nc(N)nc(N)c1N=Nc1ccc(S(=O)(=O)O)cc1. The molecule has 9 nitrogen and oxygen atoms in total. The molecule has 0 aliphatic carbocycles. The van der Waals surface area contributed by atoms with Crippen LogP contribution in [0.25, 0.3) is 0 Å². The molecule has 1 aromatic heterocycles. The topological polar surface area (TPSA) is 157 Å². The maximum Gasteiger partial charge on any atom is 0.294 e. The van der Waals surface area contributed by atoms with E-state index in [0.29, 0.717) is 11.4 Å². The molecule has 0 unspecified atom stereocenters. The summed E-state index contributed by atoms with van der Waals surface area (Å²) in [6.45, 7) is 1.66. The van der Waals surface area contributed by atoms with E-state index < -0.39 is 10.1 Å². The maximum absolute atomic E-state index is 10.9. The lowest BCUT2D eigenvalue weighted by atomic mass is 10.3. The van der Waals surface area contributed by atoms with Gasteiger partial charge in [0.1, 0.15) is 5.69 Å². The van der Waals surface area contributed by atoms with Crippen molar-refractivity contribution in [3.05, 3.63) is 30.0 Å². The zero-order valence-corrected chi connectivity index (χ0v) is 11.7. The van der Waals surface area contributed by atoms with Gasteiger partial charge in [0.2, 0.25) is 5.95 Å². The minimum atomic E-state index is -4.23. The van der Waals surface area contributed by atoms with Crippen molar-refractivity contribution >= 4 is 33.3 Å². The second-order valence-electron chi connectivity index (χ2n) is 4.07. The molecule has 0 fully saturated rings. The summed E-state index contributed by atoms with van der Waals surface area (Å²) in [5, 5.41) is 7.81. The van der Waals surface area contributed by atoms with Crippen molar-refractivity contribution in [3.63, 3.8) is 0 Å². The average molecular weight is 308 g/mol. The Hall–Kier alpha value is -2.59. The monoisotopic (exact) mass is 308 g/mol. The Morgan fingerprint density at radius 2 is 1.71 bits per heavy atom. The van der Waals surface area contributed by atoms with Crippen LogP contribution in [0.15, 0.2) is 39.4 Å². The second kappa shape index (κ2) is 5.42. The van der Waals surface area contributed by atoms with Gasteiger partial charge in [-0.3, -0.25) is 4.55 Å². The molecule has 21 heavy (non-hydrogen) atoms. The summed E-state index contributed by atoms with van der Waals surface area (Å²) < 4.78 is 30.7. The average Bonchev–Trinajstić information content (AvgIpc) is 2.37. The fourth-order valence-electron chi connectivity index (χ4n) is 1.53. The quantitative estimate of drug-likeness (QED) is 0.574. The third-order valence-corrected chi connectivity index (χ3v) is 3.37. The number of anilines is 2. The number of hydrogen-bond donors (Lipinski definition) is 3. The fraction of sp³-hybridized carbons (Fsp3) is 0.0909. The van der Waals surface area contributed by atoms with Crippen molar-refractivity contribution in [2.45, 2.75) is 11.8 Å². The first-order chi connectivity index (χ1) is 9.77. The Labute approximate surface area is 120 Å². The van der Waals surface area contributed by atoms with Crippen molar-refractivity contribution < 1.29 is 13.0 Å². The normalized spacial score (nSPS) is 11.9. The molecule has 0 amide bonds. The van der Waals surface area contributed by atoms with Crippen LogP contribution < -0.4 is 11.5 Å². The molecule has 0 aliphatic heterocycles. The van der Waals surface area contributed by atoms with Gasteiger partial charge in [-0.25, -0.2) is 4.98 Å². The summed E-state index contributed by atoms with van der Waals surface area (Å²) in [4.78, 5) is 7.46. The fourth-order valence-corrected chi connectivity index (χ4v) is 2.01. The molecule has 2 rings (SSSR count). The van der Waals surface area contributed by atoms with Crippen LogP contribution in [0.4, 0.5) is 23.1 Å². The Morgan fingerprint density at radius 3 is 2.24 bits per heavy atom. The smallest absolute Gasteiger partial charge is 0.294 e. The summed E-state index contributed by atoms with van der Waals surface area (Å²) in [7, 11) is -4.23. The van der Waals surface area contributed by atoms with Gasteiger partial charge in [0.05, 0.1) is 16.3 Å². The highest BCUT2D eigenvalue weighted by Crippen LogP contribution is 2.26. The van der Waals surface area contributed by atoms with Crippen LogP contribution in [-0.4, -0.2) is 22.9 Å². The van der Waals surface area contributed by atoms with Gasteiger partial charge in [0.25, 0.3) is 10.1 Å². The van der Waals surface area contributed by atoms with E-state index in [0.717, 1.165) is 0 Å². The molecule has 110 valence electrons. The first kappa shape index (κ1) is 14.8. The number of nitrogen functional groups attached to an aromatic ring is 2. The summed E-state index contributed by atoms with van der Waals surface area (Å²) >= 11 is 0. The van der Waals surface area contributed by atoms with E-state index in [4.69, 9.17) is 16.0 Å². The molecule has 5 N–H and O–H groups in total. The summed E-state index contributed by atoms with van der Waals surface area (Å²) in [5.74, 6) is 0.139. The van der Waals surface area contributed by atoms with E-state index in [1.807, 2.05) is 0 Å². The molecule has 0 saturated heterocycles. The minimum Gasteiger partial charge on any atom is -0.382 e. The van der Waals surface area contributed by atoms with Crippen LogP contribution in [0, 0.1) is 6.92 Å². The molecular formula is C11H12N6O3S. The predicted molar refractivity (Wildman–Crippen MR) is 76.0 cm³/mol. The molecule has 0 atom stereocenters. The Bertz CT molecular complexity index is 778. The van der Waals surface area contributed by atoms with Crippen molar-refractivity contribution in [3.8, 4) is 0 Å². The lowest BCUT2D eigenvalue weighted by Gasteiger charge is -2.02. The summed E-state index contributed by atoms with van der Waals surface area (Å²) in [6, 6.07) is 5.19. The van der Waals surface area contributed by atoms with Crippen molar-refractivity contribution in [1.82, 2.24) is 9.97 Å². The molecule has 0 bridgehead atoms. The number of nitrogens with zero attached hydrogens (tertiary/aromatic N) is 4. The van der Waals surface area contributed by atoms with E-state index in [-0.39, 0.29) is 22.3 Å². The number of aryl methyl sites for hydroxylation is 1. The van der Waals surface area contributed by atoms with E-state index in [1.54, 1.807) is 6.92 Å². The van der Waals surface area contributed by atoms with Gasteiger partial charge in [0, 0.05) is 0 Å². The van der Waals surface area contributed by atoms with E-state index >= 15 is 0 Å². The Balaban J connectivity index is 2.30. The Morgan fingerprint density at radius 1 is 1.10 bits per heavy atom. The molecule has 10 heteroatoms. The largest absolute Gasteiger partial charge is 0.382 e. The maximum atomic E-state index is 10.9. The minimum absolute atomic E-state index is 0.0430. The molecule has 0 spiro atoms. The zero-order valence-electron chi connectivity index (χ0n) is 10.9. The van der Waals surface area contributed by atoms with Crippen molar-refractivity contribution in [1.29, 1.82) is 0 Å². The van der Waals surface area contributed by atoms with E-state index in [9.17, 15) is 8.42 Å². The van der Waals surface area contributed by atoms with Gasteiger partial charge in [-0.15, -0.1) is 5.11 Å². The van der Waals surface area contributed by atoms with Gasteiger partial charge in [0.15, 0.2) is 5.82 Å². The van der Waals surface area contributed by atoms with Crippen LogP contribution in [0.1, 0.15) is 5.69 Å². The third kappa shape index (κ3) is 3.49. The number of azo groups is 1. The molecule has 0 saturated carbocycles. The number of hydrogen-bond acceptors (Lipinski definition) is 8. The molecule has 2 aromatic rings. The van der Waals surface area contributed by atoms with Crippen molar-refractivity contribution in [2.75, 3.05) is 11.5 Å². The standard InChI is InChI=1S/C11H12N6O3S/c1-6-9(10(12)15-11(13)14-6)17-16-7-2-4-8(5-3-7)21(18,19)20/h2-5H,1H3,(H,18,19,20)(H4,12,13,14,15). The van der Waals surface area contributed by atoms with Gasteiger partial charge < -0.3 is 11.5 Å². The second-order valence-corrected chi connectivity index (χ2v) is 5.49. The first-order valence-electron chi connectivity index (χ1n) is 5.66. The highest BCUT2D eigenvalue weighted by molar-refractivity contribution is 7.85. The number of nitrogens with two attached hydrogens (primary N) is 2. The number of aromatic nitrogens is 2. The summed E-state index contributed by atoms with van der Waals surface area (Å²) in [5.41, 5.74) is 12.2. The van der Waals surface area contributed by atoms with Crippen LogP contribution in [0.5, 0.6) is 0 Å². The molecule has 1 aromatic carbocycles. The molecule has 0 aliphatic rings. The summed E-state index contributed by atoms with van der Waals surface area (Å²) in [6.07, 6.45) is 0. The van der Waals surface area contributed by atoms with Crippen LogP contribution in [0.3, 0.4) is 0 Å². The first-order valence-corrected chi connectivity index (χ1v) is 7.10. The molecular weight excluding hydrogens is 296 g/mol. The number of rotatable bonds is 3. The predicted octanol–water partition coefficient (Wildman–Crippen LogP) is 1.61. The van der Waals surface area contributed by atoms with Crippen molar-refractivity contribution in [2.24, 2.45) is 10.2 Å². The highest BCUT2D eigenvalue weighted by atomic mass is 32.2. The van der Waals surface area contributed by atoms with Crippen LogP contribution in [-0.2, 0) is 10.1 Å². The number of benzene rings is 1. The van der Waals surface area contributed by atoms with Gasteiger partial charge in [-0.1, -0.05) is 0 Å².